The number of carbonyl (C=O) groups excluding carboxylic acids is 1. The van der Waals surface area contributed by atoms with Crippen LogP contribution in [0.2, 0.25) is 0 Å². The lowest BCUT2D eigenvalue weighted by Gasteiger charge is -2.11. The Morgan fingerprint density at radius 1 is 1.44 bits per heavy atom. The van der Waals surface area contributed by atoms with Gasteiger partial charge in [-0.3, -0.25) is 4.79 Å². The Balaban J connectivity index is 2.11. The van der Waals surface area contributed by atoms with Crippen molar-refractivity contribution in [3.8, 4) is 5.75 Å². The Labute approximate surface area is 110 Å². The van der Waals surface area contributed by atoms with E-state index in [2.05, 4.69) is 10.3 Å². The molecule has 1 N–H and O–H groups in total. The second kappa shape index (κ2) is 6.16. The van der Waals surface area contributed by atoms with Crippen LogP contribution in [0.3, 0.4) is 0 Å². The first-order valence-corrected chi connectivity index (χ1v) is 6.67. The van der Waals surface area contributed by atoms with E-state index in [1.165, 1.54) is 11.3 Å². The first kappa shape index (κ1) is 12.6. The lowest BCUT2D eigenvalue weighted by molar-refractivity contribution is 0.102. The molecule has 0 aliphatic carbocycles. The number of nitrogens with zero attached hydrogens (tertiary/aromatic N) is 1. The maximum Gasteiger partial charge on any atom is 0.275 e. The van der Waals surface area contributed by atoms with Gasteiger partial charge >= 0.3 is 0 Å². The first-order valence-electron chi connectivity index (χ1n) is 5.72. The zero-order valence-electron chi connectivity index (χ0n) is 10.1. The summed E-state index contributed by atoms with van der Waals surface area (Å²) in [5, 5.41) is 4.52. The number of amides is 1. The highest BCUT2D eigenvalue weighted by molar-refractivity contribution is 7.07. The standard InChI is InChI=1S/C13H14N2O2S/c1-2-7-17-12-6-4-3-5-10(12)15-13(16)11-8-18-9-14-11/h3-6,8-9H,2,7H2,1H3,(H,15,16). The fraction of sp³-hybridized carbons (Fsp3) is 0.231. The first-order chi connectivity index (χ1) is 8.81. The third-order valence-corrected chi connectivity index (χ3v) is 2.85. The number of para-hydroxylation sites is 2. The van der Waals surface area contributed by atoms with E-state index in [1.807, 2.05) is 31.2 Å². The van der Waals surface area contributed by atoms with Crippen molar-refractivity contribution in [3.05, 3.63) is 40.8 Å². The minimum Gasteiger partial charge on any atom is -0.491 e. The number of thiazole rings is 1. The van der Waals surface area contributed by atoms with E-state index in [1.54, 1.807) is 10.9 Å². The smallest absolute Gasteiger partial charge is 0.275 e. The summed E-state index contributed by atoms with van der Waals surface area (Å²) in [6.45, 7) is 2.67. The molecule has 2 rings (SSSR count). The molecule has 1 aromatic heterocycles. The van der Waals surface area contributed by atoms with E-state index in [4.69, 9.17) is 4.74 Å². The molecule has 0 fully saturated rings. The molecule has 0 saturated carbocycles. The summed E-state index contributed by atoms with van der Waals surface area (Å²) >= 11 is 1.39. The Morgan fingerprint density at radius 3 is 3.00 bits per heavy atom. The molecule has 0 aliphatic heterocycles. The molecular formula is C13H14N2O2S. The topological polar surface area (TPSA) is 51.2 Å². The molecule has 1 aromatic carbocycles. The van der Waals surface area contributed by atoms with Crippen molar-refractivity contribution in [2.24, 2.45) is 0 Å². The fourth-order valence-electron chi connectivity index (χ4n) is 1.42. The number of benzene rings is 1. The number of rotatable bonds is 5. The minimum absolute atomic E-state index is 0.219. The highest BCUT2D eigenvalue weighted by Crippen LogP contribution is 2.24. The molecule has 0 bridgehead atoms. The van der Waals surface area contributed by atoms with Gasteiger partial charge in [-0.05, 0) is 18.6 Å². The Bertz CT molecular complexity index is 511. The number of nitrogens with one attached hydrogen (secondary N) is 1. The van der Waals surface area contributed by atoms with Gasteiger partial charge < -0.3 is 10.1 Å². The maximum atomic E-state index is 11.9. The molecule has 2 aromatic rings. The number of ether oxygens (including phenoxy) is 1. The van der Waals surface area contributed by atoms with E-state index in [-0.39, 0.29) is 5.91 Å². The highest BCUT2D eigenvalue weighted by Gasteiger charge is 2.10. The Kier molecular flexibility index (Phi) is 4.30. The number of anilines is 1. The minimum atomic E-state index is -0.219. The van der Waals surface area contributed by atoms with Crippen molar-refractivity contribution in [2.45, 2.75) is 13.3 Å². The maximum absolute atomic E-state index is 11.9. The quantitative estimate of drug-likeness (QED) is 0.900. The van der Waals surface area contributed by atoms with Gasteiger partial charge in [0, 0.05) is 5.38 Å². The third-order valence-electron chi connectivity index (χ3n) is 2.26. The van der Waals surface area contributed by atoms with Crippen LogP contribution in [0.1, 0.15) is 23.8 Å². The van der Waals surface area contributed by atoms with Crippen LogP contribution in [-0.4, -0.2) is 17.5 Å². The van der Waals surface area contributed by atoms with Crippen molar-refractivity contribution in [1.29, 1.82) is 0 Å². The van der Waals surface area contributed by atoms with Gasteiger partial charge in [0.25, 0.3) is 5.91 Å². The summed E-state index contributed by atoms with van der Waals surface area (Å²) in [4.78, 5) is 15.8. The lowest BCUT2D eigenvalue weighted by atomic mass is 10.3. The number of aromatic nitrogens is 1. The summed E-state index contributed by atoms with van der Waals surface area (Å²) in [5.74, 6) is 0.465. The van der Waals surface area contributed by atoms with Gasteiger partial charge in [0.15, 0.2) is 0 Å². The normalized spacial score (nSPS) is 10.1. The van der Waals surface area contributed by atoms with Crippen LogP contribution in [0.15, 0.2) is 35.2 Å². The van der Waals surface area contributed by atoms with E-state index >= 15 is 0 Å². The van der Waals surface area contributed by atoms with Gasteiger partial charge in [0.2, 0.25) is 0 Å². The zero-order chi connectivity index (χ0) is 12.8. The van der Waals surface area contributed by atoms with Crippen molar-refractivity contribution >= 4 is 22.9 Å². The van der Waals surface area contributed by atoms with Crippen LogP contribution in [-0.2, 0) is 0 Å². The predicted octanol–water partition coefficient (Wildman–Crippen LogP) is 3.18. The number of hydrogen-bond donors (Lipinski definition) is 1. The van der Waals surface area contributed by atoms with E-state index in [0.717, 1.165) is 6.42 Å². The molecule has 0 atom stereocenters. The van der Waals surface area contributed by atoms with E-state index in [0.29, 0.717) is 23.7 Å². The molecule has 0 saturated heterocycles. The summed E-state index contributed by atoms with van der Waals surface area (Å²) < 4.78 is 5.57. The lowest BCUT2D eigenvalue weighted by Crippen LogP contribution is -2.13. The molecule has 94 valence electrons. The van der Waals surface area contributed by atoms with Crippen LogP contribution in [0.25, 0.3) is 0 Å². The van der Waals surface area contributed by atoms with Crippen LogP contribution in [0, 0.1) is 0 Å². The fourth-order valence-corrected chi connectivity index (χ4v) is 1.95. The average Bonchev–Trinajstić information content (AvgIpc) is 2.91. The van der Waals surface area contributed by atoms with Crippen molar-refractivity contribution in [1.82, 2.24) is 4.98 Å². The van der Waals surface area contributed by atoms with Gasteiger partial charge in [-0.1, -0.05) is 19.1 Å². The monoisotopic (exact) mass is 262 g/mol. The molecule has 0 unspecified atom stereocenters. The highest BCUT2D eigenvalue weighted by atomic mass is 32.1. The van der Waals surface area contributed by atoms with Gasteiger partial charge in [0.1, 0.15) is 11.4 Å². The Hall–Kier alpha value is -1.88. The third kappa shape index (κ3) is 3.07. The second-order valence-corrected chi connectivity index (χ2v) is 4.39. The summed E-state index contributed by atoms with van der Waals surface area (Å²) in [7, 11) is 0. The van der Waals surface area contributed by atoms with Gasteiger partial charge in [-0.2, -0.15) is 0 Å². The van der Waals surface area contributed by atoms with Crippen LogP contribution in [0.4, 0.5) is 5.69 Å². The summed E-state index contributed by atoms with van der Waals surface area (Å²) in [6, 6.07) is 7.39. The second-order valence-electron chi connectivity index (χ2n) is 3.67. The molecule has 1 amide bonds. The SMILES string of the molecule is CCCOc1ccccc1NC(=O)c1cscn1. The van der Waals surface area contributed by atoms with Crippen molar-refractivity contribution in [2.75, 3.05) is 11.9 Å². The molecule has 0 radical (unpaired) electrons. The van der Waals surface area contributed by atoms with Crippen LogP contribution in [0.5, 0.6) is 5.75 Å². The van der Waals surface area contributed by atoms with Crippen LogP contribution < -0.4 is 10.1 Å². The zero-order valence-corrected chi connectivity index (χ0v) is 10.9. The van der Waals surface area contributed by atoms with Gasteiger partial charge in [-0.25, -0.2) is 4.98 Å². The summed E-state index contributed by atoms with van der Waals surface area (Å²) in [6.07, 6.45) is 0.925. The summed E-state index contributed by atoms with van der Waals surface area (Å²) in [5.41, 5.74) is 2.73. The number of hydrogen-bond acceptors (Lipinski definition) is 4. The van der Waals surface area contributed by atoms with Crippen molar-refractivity contribution < 1.29 is 9.53 Å². The molecule has 1 heterocycles. The van der Waals surface area contributed by atoms with Crippen molar-refractivity contribution in [3.63, 3.8) is 0 Å². The molecule has 5 heteroatoms. The van der Waals surface area contributed by atoms with E-state index < -0.39 is 0 Å². The molecule has 0 aliphatic rings. The molecule has 0 spiro atoms. The van der Waals surface area contributed by atoms with Crippen LogP contribution >= 0.6 is 11.3 Å². The number of carbonyl (C=O) groups is 1. The molecule has 4 nitrogen and oxygen atoms in total. The molecule has 18 heavy (non-hydrogen) atoms. The van der Waals surface area contributed by atoms with Gasteiger partial charge in [-0.15, -0.1) is 11.3 Å². The Morgan fingerprint density at radius 2 is 2.28 bits per heavy atom. The average molecular weight is 262 g/mol. The van der Waals surface area contributed by atoms with Gasteiger partial charge in [0.05, 0.1) is 17.8 Å². The molecular weight excluding hydrogens is 248 g/mol. The largest absolute Gasteiger partial charge is 0.491 e. The predicted molar refractivity (Wildman–Crippen MR) is 72.3 cm³/mol. The van der Waals surface area contributed by atoms with E-state index in [9.17, 15) is 4.79 Å².